The van der Waals surface area contributed by atoms with Crippen LogP contribution < -0.4 is 9.62 Å². The van der Waals surface area contributed by atoms with Crippen LogP contribution in [0.25, 0.3) is 0 Å². The maximum absolute atomic E-state index is 12.7. The average Bonchev–Trinajstić information content (AvgIpc) is 2.83. The monoisotopic (exact) mass is 539 g/mol. The van der Waals surface area contributed by atoms with E-state index in [1.807, 2.05) is 42.2 Å². The third-order valence-electron chi connectivity index (χ3n) is 4.79. The molecule has 0 saturated heterocycles. The quantitative estimate of drug-likeness (QED) is 0.379. The van der Waals surface area contributed by atoms with E-state index in [1.54, 1.807) is 25.1 Å². The Morgan fingerprint density at radius 3 is 2.16 bits per heavy atom. The van der Waals surface area contributed by atoms with E-state index in [-0.39, 0.29) is 22.0 Å². The molecule has 9 nitrogen and oxygen atoms in total. The van der Waals surface area contributed by atoms with E-state index in [0.29, 0.717) is 13.1 Å². The van der Waals surface area contributed by atoms with Gasteiger partial charge in [0.15, 0.2) is 0 Å². The van der Waals surface area contributed by atoms with Crippen LogP contribution in [0.15, 0.2) is 71.8 Å². The lowest BCUT2D eigenvalue weighted by molar-refractivity contribution is -0.192. The minimum Gasteiger partial charge on any atom is -0.478 e. The molecule has 0 fully saturated rings. The number of carboxylic acid groups (broad SMARTS) is 2. The highest BCUT2D eigenvalue weighted by atomic mass is 32.2. The van der Waals surface area contributed by atoms with Gasteiger partial charge in [-0.2, -0.15) is 13.2 Å². The molecule has 0 atom stereocenters. The van der Waals surface area contributed by atoms with Gasteiger partial charge in [-0.3, -0.25) is 4.72 Å². The molecule has 0 aliphatic rings. The predicted molar refractivity (Wildman–Crippen MR) is 130 cm³/mol. The highest BCUT2D eigenvalue weighted by Crippen LogP contribution is 2.25. The lowest BCUT2D eigenvalue weighted by Gasteiger charge is -2.24. The molecule has 0 spiro atoms. The molecule has 1 aromatic heterocycles. The molecule has 3 aromatic rings. The fourth-order valence-electron chi connectivity index (χ4n) is 3.06. The van der Waals surface area contributed by atoms with E-state index in [4.69, 9.17) is 9.90 Å². The van der Waals surface area contributed by atoms with Crippen molar-refractivity contribution in [3.05, 3.63) is 83.6 Å². The topological polar surface area (TPSA) is 137 Å². The molecule has 3 rings (SSSR count). The van der Waals surface area contributed by atoms with Gasteiger partial charge in [0.05, 0.1) is 16.8 Å². The molecule has 13 heteroatoms. The van der Waals surface area contributed by atoms with Crippen LogP contribution in [0.2, 0.25) is 0 Å². The predicted octanol–water partition coefficient (Wildman–Crippen LogP) is 4.55. The molecule has 37 heavy (non-hydrogen) atoms. The first-order chi connectivity index (χ1) is 17.2. The molecule has 0 amide bonds. The van der Waals surface area contributed by atoms with Crippen molar-refractivity contribution in [2.45, 2.75) is 31.5 Å². The molecule has 2 aromatic carbocycles. The van der Waals surface area contributed by atoms with Crippen molar-refractivity contribution in [2.75, 3.05) is 16.2 Å². The van der Waals surface area contributed by atoms with Gasteiger partial charge in [-0.15, -0.1) is 0 Å². The number of carboxylic acids is 2. The van der Waals surface area contributed by atoms with Crippen LogP contribution in [0.4, 0.5) is 24.7 Å². The molecule has 0 aliphatic carbocycles. The van der Waals surface area contributed by atoms with E-state index >= 15 is 0 Å². The van der Waals surface area contributed by atoms with Gasteiger partial charge in [0.2, 0.25) is 0 Å². The molecule has 0 bridgehead atoms. The van der Waals surface area contributed by atoms with Gasteiger partial charge in [0, 0.05) is 13.1 Å². The van der Waals surface area contributed by atoms with E-state index < -0.39 is 28.1 Å². The van der Waals surface area contributed by atoms with Gasteiger partial charge >= 0.3 is 18.1 Å². The Morgan fingerprint density at radius 1 is 1.03 bits per heavy atom. The highest BCUT2D eigenvalue weighted by molar-refractivity contribution is 7.92. The average molecular weight is 540 g/mol. The summed E-state index contributed by atoms with van der Waals surface area (Å²) in [6.45, 7) is 4.73. The van der Waals surface area contributed by atoms with Gasteiger partial charge in [-0.25, -0.2) is 23.0 Å². The molecule has 0 saturated carbocycles. The van der Waals surface area contributed by atoms with Crippen molar-refractivity contribution >= 4 is 33.5 Å². The number of rotatable bonds is 8. The number of halogens is 3. The number of sulfonamides is 1. The number of carbonyl (C=O) groups is 2. The fourth-order valence-corrected chi connectivity index (χ4v) is 4.20. The molecule has 0 aliphatic heterocycles. The number of aliphatic carboxylic acids is 1. The van der Waals surface area contributed by atoms with Crippen molar-refractivity contribution in [3.8, 4) is 0 Å². The van der Waals surface area contributed by atoms with Gasteiger partial charge in [-0.1, -0.05) is 42.5 Å². The zero-order valence-corrected chi connectivity index (χ0v) is 20.5. The summed E-state index contributed by atoms with van der Waals surface area (Å²) in [4.78, 5) is 27.0. The maximum atomic E-state index is 12.7. The van der Waals surface area contributed by atoms with Crippen molar-refractivity contribution < 1.29 is 41.4 Å². The second-order valence-electron chi connectivity index (χ2n) is 7.63. The van der Waals surface area contributed by atoms with Crippen molar-refractivity contribution in [3.63, 3.8) is 0 Å². The number of alkyl halides is 3. The van der Waals surface area contributed by atoms with Crippen molar-refractivity contribution in [2.24, 2.45) is 0 Å². The second kappa shape index (κ2) is 12.2. The summed E-state index contributed by atoms with van der Waals surface area (Å²) < 4.78 is 59.5. The minimum absolute atomic E-state index is 0.0720. The van der Waals surface area contributed by atoms with E-state index in [2.05, 4.69) is 9.71 Å². The molecule has 0 unspecified atom stereocenters. The maximum Gasteiger partial charge on any atom is 0.490 e. The van der Waals surface area contributed by atoms with Gasteiger partial charge in [-0.05, 0) is 43.2 Å². The largest absolute Gasteiger partial charge is 0.490 e. The van der Waals surface area contributed by atoms with Crippen LogP contribution in [-0.2, 0) is 21.4 Å². The number of aryl methyl sites for hydroxylation is 1. The summed E-state index contributed by atoms with van der Waals surface area (Å²) in [6, 6.07) is 17.4. The van der Waals surface area contributed by atoms with Crippen molar-refractivity contribution in [1.29, 1.82) is 0 Å². The summed E-state index contributed by atoms with van der Waals surface area (Å²) in [5.74, 6) is -3.65. The standard InChI is InChI=1S/C22H23N3O4S.C2HF3O2/c1-3-25(15-17-9-5-4-6-10-17)21-20(22(26)27)13-18(14-23-21)24-30(28,29)19-11-7-8-16(2)12-19;3-2(4,5)1(6)7/h4-14,24H,3,15H2,1-2H3,(H,26,27);(H,6,7). The minimum atomic E-state index is -5.08. The van der Waals surface area contributed by atoms with E-state index in [0.717, 1.165) is 11.1 Å². The SMILES string of the molecule is CCN(Cc1ccccc1)c1ncc(NS(=O)(=O)c2cccc(C)c2)cc1C(=O)O.O=C(O)C(F)(F)F. The Hall–Kier alpha value is -4.13. The van der Waals surface area contributed by atoms with Gasteiger partial charge in [0.1, 0.15) is 11.4 Å². The first-order valence-electron chi connectivity index (χ1n) is 10.7. The third kappa shape index (κ3) is 8.49. The Labute approximate surface area is 211 Å². The molecule has 3 N–H and O–H groups in total. The number of aromatic carboxylic acids is 1. The highest BCUT2D eigenvalue weighted by Gasteiger charge is 2.38. The first-order valence-corrected chi connectivity index (χ1v) is 12.1. The number of nitrogens with one attached hydrogen (secondary N) is 1. The van der Waals surface area contributed by atoms with E-state index in [9.17, 15) is 31.5 Å². The van der Waals surface area contributed by atoms with Gasteiger partial charge in [0.25, 0.3) is 10.0 Å². The van der Waals surface area contributed by atoms with Gasteiger partial charge < -0.3 is 15.1 Å². The smallest absolute Gasteiger partial charge is 0.478 e. The van der Waals surface area contributed by atoms with Crippen LogP contribution in [0.5, 0.6) is 0 Å². The summed E-state index contributed by atoms with van der Waals surface area (Å²) in [5.41, 5.74) is 1.84. The summed E-state index contributed by atoms with van der Waals surface area (Å²) in [7, 11) is -3.86. The number of nitrogens with zero attached hydrogens (tertiary/aromatic N) is 2. The normalized spacial score (nSPS) is 11.2. The molecule has 0 radical (unpaired) electrons. The Balaban J connectivity index is 0.000000604. The van der Waals surface area contributed by atoms with Crippen LogP contribution in [0, 0.1) is 6.92 Å². The molecular weight excluding hydrogens is 515 g/mol. The zero-order chi connectivity index (χ0) is 27.8. The Kier molecular flexibility index (Phi) is 9.61. The zero-order valence-electron chi connectivity index (χ0n) is 19.7. The van der Waals surface area contributed by atoms with Crippen molar-refractivity contribution in [1.82, 2.24) is 4.98 Å². The summed E-state index contributed by atoms with van der Waals surface area (Å²) in [5, 5.41) is 16.8. The second-order valence-corrected chi connectivity index (χ2v) is 9.31. The van der Waals surface area contributed by atoms with Crippen LogP contribution >= 0.6 is 0 Å². The number of benzene rings is 2. The molecule has 1 heterocycles. The number of hydrogen-bond acceptors (Lipinski definition) is 6. The lowest BCUT2D eigenvalue weighted by Crippen LogP contribution is -2.25. The van der Waals surface area contributed by atoms with Crippen LogP contribution in [0.1, 0.15) is 28.4 Å². The van der Waals surface area contributed by atoms with Crippen LogP contribution in [-0.4, -0.2) is 48.3 Å². The lowest BCUT2D eigenvalue weighted by atomic mass is 10.2. The number of pyridine rings is 1. The fraction of sp³-hybridized carbons (Fsp3) is 0.208. The number of hydrogen-bond donors (Lipinski definition) is 3. The number of aromatic nitrogens is 1. The summed E-state index contributed by atoms with van der Waals surface area (Å²) in [6.07, 6.45) is -3.75. The first kappa shape index (κ1) is 29.1. The Morgan fingerprint density at radius 2 is 1.65 bits per heavy atom. The van der Waals surface area contributed by atoms with E-state index in [1.165, 1.54) is 18.3 Å². The molecule has 198 valence electrons. The van der Waals surface area contributed by atoms with Crippen LogP contribution in [0.3, 0.4) is 0 Å². The molecular formula is C24H24F3N3O6S. The number of anilines is 2. The Bertz CT molecular complexity index is 1350. The third-order valence-corrected chi connectivity index (χ3v) is 6.17. The summed E-state index contributed by atoms with van der Waals surface area (Å²) >= 11 is 0.